The Kier molecular flexibility index (Phi) is 4.28. The third kappa shape index (κ3) is 2.90. The van der Waals surface area contributed by atoms with Gasteiger partial charge < -0.3 is 10.6 Å². The number of hydrogen-bond donors (Lipinski definition) is 3. The minimum Gasteiger partial charge on any atom is -0.382 e. The van der Waals surface area contributed by atoms with E-state index in [0.717, 1.165) is 37.1 Å². The molecule has 2 aliphatic rings. The number of benzene rings is 1. The fourth-order valence-corrected chi connectivity index (χ4v) is 3.88. The van der Waals surface area contributed by atoms with Gasteiger partial charge in [-0.05, 0) is 50.6 Å². The van der Waals surface area contributed by atoms with Gasteiger partial charge >= 0.3 is 5.69 Å². The Morgan fingerprint density at radius 1 is 1.08 bits per heavy atom. The summed E-state index contributed by atoms with van der Waals surface area (Å²) in [5.74, 6) is -0.694. The predicted octanol–water partition coefficient (Wildman–Crippen LogP) is 0.482. The molecule has 4 rings (SSSR count). The Hall–Kier alpha value is -2.61. The van der Waals surface area contributed by atoms with E-state index in [0.29, 0.717) is 18.0 Å². The largest absolute Gasteiger partial charge is 0.382 e. The maximum atomic E-state index is 12.7. The minimum absolute atomic E-state index is 0.242. The monoisotopic (exact) mass is 357 g/mol. The molecular formula is C18H23N5O3. The lowest BCUT2D eigenvalue weighted by molar-refractivity contribution is -0.135. The molecule has 3 heterocycles. The lowest BCUT2D eigenvalue weighted by Gasteiger charge is -2.25. The van der Waals surface area contributed by atoms with E-state index < -0.39 is 11.9 Å². The molecule has 0 bridgehead atoms. The van der Waals surface area contributed by atoms with Gasteiger partial charge in [0.05, 0.1) is 11.0 Å². The molecule has 1 unspecified atom stereocenters. The standard InChI is InChI=1S/C18H23N5O3/c1-22-15-10-12(20-11-6-8-19-9-7-11)2-3-13(15)23(18(22)26)14-4-5-16(24)21-17(14)25/h2-3,10-11,14,19-20H,4-9H2,1H3,(H,21,24,25). The molecule has 2 aromatic rings. The zero-order chi connectivity index (χ0) is 18.3. The summed E-state index contributed by atoms with van der Waals surface area (Å²) in [5.41, 5.74) is 2.22. The van der Waals surface area contributed by atoms with Gasteiger partial charge in [-0.3, -0.25) is 24.0 Å². The summed E-state index contributed by atoms with van der Waals surface area (Å²) in [5, 5.41) is 9.21. The van der Waals surface area contributed by atoms with E-state index in [4.69, 9.17) is 0 Å². The van der Waals surface area contributed by atoms with Gasteiger partial charge in [-0.2, -0.15) is 0 Å². The first-order valence-corrected chi connectivity index (χ1v) is 9.06. The predicted molar refractivity (Wildman–Crippen MR) is 98.1 cm³/mol. The summed E-state index contributed by atoms with van der Waals surface area (Å²) >= 11 is 0. The summed E-state index contributed by atoms with van der Waals surface area (Å²) in [4.78, 5) is 36.4. The maximum absolute atomic E-state index is 12.7. The summed E-state index contributed by atoms with van der Waals surface area (Å²) in [6, 6.07) is 5.56. The first kappa shape index (κ1) is 16.8. The summed E-state index contributed by atoms with van der Waals surface area (Å²) in [6.45, 7) is 2.01. The van der Waals surface area contributed by atoms with E-state index in [-0.39, 0.29) is 18.0 Å². The van der Waals surface area contributed by atoms with Gasteiger partial charge in [0.15, 0.2) is 0 Å². The second-order valence-electron chi connectivity index (χ2n) is 7.05. The number of rotatable bonds is 3. The minimum atomic E-state index is -0.646. The Labute approximate surface area is 150 Å². The van der Waals surface area contributed by atoms with Crippen molar-refractivity contribution in [3.05, 3.63) is 28.7 Å². The van der Waals surface area contributed by atoms with Crippen molar-refractivity contribution in [3.8, 4) is 0 Å². The molecule has 2 saturated heterocycles. The normalized spacial score (nSPS) is 21.8. The highest BCUT2D eigenvalue weighted by molar-refractivity contribution is 6.00. The third-order valence-corrected chi connectivity index (χ3v) is 5.32. The lowest BCUT2D eigenvalue weighted by Crippen LogP contribution is -2.44. The van der Waals surface area contributed by atoms with Crippen molar-refractivity contribution in [3.63, 3.8) is 0 Å². The first-order valence-electron chi connectivity index (χ1n) is 9.06. The van der Waals surface area contributed by atoms with Crippen LogP contribution in [0.5, 0.6) is 0 Å². The molecule has 3 N–H and O–H groups in total. The van der Waals surface area contributed by atoms with Crippen LogP contribution < -0.4 is 21.6 Å². The van der Waals surface area contributed by atoms with E-state index in [2.05, 4.69) is 16.0 Å². The summed E-state index contributed by atoms with van der Waals surface area (Å²) in [6.07, 6.45) is 2.72. The molecule has 0 saturated carbocycles. The summed E-state index contributed by atoms with van der Waals surface area (Å²) in [7, 11) is 1.71. The van der Waals surface area contributed by atoms with E-state index >= 15 is 0 Å². The Balaban J connectivity index is 1.69. The Morgan fingerprint density at radius 2 is 1.85 bits per heavy atom. The van der Waals surface area contributed by atoms with Crippen LogP contribution in [0.1, 0.15) is 31.7 Å². The van der Waals surface area contributed by atoms with Crippen LogP contribution >= 0.6 is 0 Å². The average Bonchev–Trinajstić information content (AvgIpc) is 2.87. The van der Waals surface area contributed by atoms with Crippen molar-refractivity contribution in [2.75, 3.05) is 18.4 Å². The fourth-order valence-electron chi connectivity index (χ4n) is 3.88. The van der Waals surface area contributed by atoms with Crippen LogP contribution in [-0.4, -0.2) is 40.1 Å². The zero-order valence-corrected chi connectivity index (χ0v) is 14.7. The van der Waals surface area contributed by atoms with E-state index in [9.17, 15) is 14.4 Å². The van der Waals surface area contributed by atoms with E-state index in [1.807, 2.05) is 18.2 Å². The highest BCUT2D eigenvalue weighted by Crippen LogP contribution is 2.25. The van der Waals surface area contributed by atoms with Crippen LogP contribution in [0.15, 0.2) is 23.0 Å². The average molecular weight is 357 g/mol. The number of piperidine rings is 2. The second kappa shape index (κ2) is 6.60. The van der Waals surface area contributed by atoms with Crippen LogP contribution in [0.4, 0.5) is 5.69 Å². The van der Waals surface area contributed by atoms with Crippen molar-refractivity contribution in [2.24, 2.45) is 7.05 Å². The number of aryl methyl sites for hydroxylation is 1. The smallest absolute Gasteiger partial charge is 0.329 e. The van der Waals surface area contributed by atoms with Gasteiger partial charge in [0.2, 0.25) is 11.8 Å². The van der Waals surface area contributed by atoms with Crippen LogP contribution in [0.3, 0.4) is 0 Å². The number of aromatic nitrogens is 2. The van der Waals surface area contributed by atoms with Crippen molar-refractivity contribution in [1.29, 1.82) is 0 Å². The first-order chi connectivity index (χ1) is 12.5. The molecule has 2 aliphatic heterocycles. The van der Waals surface area contributed by atoms with Gasteiger partial charge in [0, 0.05) is 25.2 Å². The molecule has 2 amide bonds. The number of nitrogens with zero attached hydrogens (tertiary/aromatic N) is 2. The van der Waals surface area contributed by atoms with Gasteiger partial charge in [0.25, 0.3) is 0 Å². The van der Waals surface area contributed by atoms with Crippen LogP contribution in [0.25, 0.3) is 11.0 Å². The molecule has 1 aromatic heterocycles. The molecular weight excluding hydrogens is 334 g/mol. The van der Waals surface area contributed by atoms with E-state index in [1.165, 1.54) is 4.57 Å². The third-order valence-electron chi connectivity index (χ3n) is 5.32. The summed E-state index contributed by atoms with van der Waals surface area (Å²) < 4.78 is 3.07. The van der Waals surface area contributed by atoms with Gasteiger partial charge in [0.1, 0.15) is 6.04 Å². The molecule has 0 aliphatic carbocycles. The number of amides is 2. The topological polar surface area (TPSA) is 97.2 Å². The molecule has 0 spiro atoms. The van der Waals surface area contributed by atoms with Crippen LogP contribution in [0.2, 0.25) is 0 Å². The Bertz CT molecular complexity index is 923. The number of imidazole rings is 1. The number of hydrogen-bond acceptors (Lipinski definition) is 5. The molecule has 0 radical (unpaired) electrons. The van der Waals surface area contributed by atoms with Crippen molar-refractivity contribution >= 4 is 28.5 Å². The number of imide groups is 1. The van der Waals surface area contributed by atoms with Crippen LogP contribution in [0, 0.1) is 0 Å². The molecule has 1 atom stereocenters. The molecule has 26 heavy (non-hydrogen) atoms. The van der Waals surface area contributed by atoms with Crippen LogP contribution in [-0.2, 0) is 16.6 Å². The number of anilines is 1. The number of carbonyl (C=O) groups is 2. The van der Waals surface area contributed by atoms with Gasteiger partial charge in [-0.1, -0.05) is 0 Å². The SMILES string of the molecule is Cn1c(=O)n(C2CCC(=O)NC2=O)c2ccc(NC3CCNCC3)cc21. The molecule has 138 valence electrons. The molecule has 8 nitrogen and oxygen atoms in total. The maximum Gasteiger partial charge on any atom is 0.329 e. The zero-order valence-electron chi connectivity index (χ0n) is 14.7. The number of nitrogens with one attached hydrogen (secondary N) is 3. The quantitative estimate of drug-likeness (QED) is 0.695. The Morgan fingerprint density at radius 3 is 2.58 bits per heavy atom. The molecule has 8 heteroatoms. The highest BCUT2D eigenvalue weighted by Gasteiger charge is 2.31. The highest BCUT2D eigenvalue weighted by atomic mass is 16.2. The van der Waals surface area contributed by atoms with Crippen molar-refractivity contribution in [2.45, 2.75) is 37.8 Å². The second-order valence-corrected chi connectivity index (χ2v) is 7.05. The fraction of sp³-hybridized carbons (Fsp3) is 0.500. The lowest BCUT2D eigenvalue weighted by atomic mass is 10.1. The van der Waals surface area contributed by atoms with Crippen molar-refractivity contribution < 1.29 is 9.59 Å². The van der Waals surface area contributed by atoms with Crippen molar-refractivity contribution in [1.82, 2.24) is 19.8 Å². The number of carbonyl (C=O) groups excluding carboxylic acids is 2. The van der Waals surface area contributed by atoms with Gasteiger partial charge in [-0.15, -0.1) is 0 Å². The number of fused-ring (bicyclic) bond motifs is 1. The molecule has 1 aromatic carbocycles. The van der Waals surface area contributed by atoms with Gasteiger partial charge in [-0.25, -0.2) is 4.79 Å². The molecule has 2 fully saturated rings. The van der Waals surface area contributed by atoms with E-state index in [1.54, 1.807) is 11.6 Å².